The number of halogens is 1. The lowest BCUT2D eigenvalue weighted by molar-refractivity contribution is 0.259. The predicted molar refractivity (Wildman–Crippen MR) is 80.8 cm³/mol. The lowest BCUT2D eigenvalue weighted by Gasteiger charge is -2.11. The highest BCUT2D eigenvalue weighted by Gasteiger charge is 2.23. The molecule has 1 unspecified atom stereocenters. The monoisotopic (exact) mass is 289 g/mol. The number of thioether (sulfide) groups is 1. The van der Waals surface area contributed by atoms with E-state index in [-0.39, 0.29) is 11.9 Å². The molecule has 1 aliphatic rings. The van der Waals surface area contributed by atoms with Crippen molar-refractivity contribution >= 4 is 17.4 Å². The molecule has 2 nitrogen and oxygen atoms in total. The molecule has 0 amide bonds. The second kappa shape index (κ2) is 5.37. The lowest BCUT2D eigenvalue weighted by Crippen LogP contribution is -2.15. The fourth-order valence-corrected chi connectivity index (χ4v) is 3.30. The van der Waals surface area contributed by atoms with Gasteiger partial charge in [0.05, 0.1) is 0 Å². The van der Waals surface area contributed by atoms with Crippen molar-refractivity contribution in [3.63, 3.8) is 0 Å². The van der Waals surface area contributed by atoms with E-state index >= 15 is 0 Å². The summed E-state index contributed by atoms with van der Waals surface area (Å²) in [6.07, 6.45) is 0.878. The maximum absolute atomic E-state index is 13.1. The van der Waals surface area contributed by atoms with Gasteiger partial charge in [-0.15, -0.1) is 11.8 Å². The maximum atomic E-state index is 13.1. The Labute approximate surface area is 122 Å². The normalized spacial score (nSPS) is 16.8. The van der Waals surface area contributed by atoms with Gasteiger partial charge in [0.25, 0.3) is 0 Å². The van der Waals surface area contributed by atoms with E-state index in [4.69, 9.17) is 10.5 Å². The number of fused-ring (bicyclic) bond motifs is 1. The standard InChI is InChI=1S/C16H16FNOS/c1-10-6-14(3-4-15(10)18)20-9-13-8-11-7-12(17)2-5-16(11)19-13/h2-7,13H,8-9,18H2,1H3. The fourth-order valence-electron chi connectivity index (χ4n) is 2.31. The average Bonchev–Trinajstić information content (AvgIpc) is 2.82. The van der Waals surface area contributed by atoms with Crippen LogP contribution in [0.25, 0.3) is 0 Å². The van der Waals surface area contributed by atoms with Crippen LogP contribution >= 0.6 is 11.8 Å². The van der Waals surface area contributed by atoms with Crippen LogP contribution in [0.15, 0.2) is 41.3 Å². The molecule has 0 saturated heterocycles. The minimum absolute atomic E-state index is 0.106. The Hall–Kier alpha value is -1.68. The third-order valence-corrected chi connectivity index (χ3v) is 4.57. The quantitative estimate of drug-likeness (QED) is 0.689. The van der Waals surface area contributed by atoms with Crippen molar-refractivity contribution < 1.29 is 9.13 Å². The highest BCUT2D eigenvalue weighted by molar-refractivity contribution is 7.99. The topological polar surface area (TPSA) is 35.2 Å². The molecule has 0 fully saturated rings. The number of hydrogen-bond donors (Lipinski definition) is 1. The molecular weight excluding hydrogens is 273 g/mol. The SMILES string of the molecule is Cc1cc(SCC2Cc3cc(F)ccc3O2)ccc1N. The van der Waals surface area contributed by atoms with E-state index in [1.165, 1.54) is 11.0 Å². The van der Waals surface area contributed by atoms with Crippen LogP contribution in [0.4, 0.5) is 10.1 Å². The number of nitrogens with two attached hydrogens (primary N) is 1. The summed E-state index contributed by atoms with van der Waals surface area (Å²) in [4.78, 5) is 1.18. The molecule has 0 aromatic heterocycles. The molecule has 0 radical (unpaired) electrons. The molecule has 0 spiro atoms. The molecule has 1 atom stereocenters. The summed E-state index contributed by atoms with van der Waals surface area (Å²) in [5.41, 5.74) is 8.68. The van der Waals surface area contributed by atoms with Crippen molar-refractivity contribution in [1.82, 2.24) is 0 Å². The Balaban J connectivity index is 1.62. The zero-order valence-corrected chi connectivity index (χ0v) is 12.0. The Bertz CT molecular complexity index is 644. The minimum Gasteiger partial charge on any atom is -0.489 e. The summed E-state index contributed by atoms with van der Waals surface area (Å²) >= 11 is 1.74. The van der Waals surface area contributed by atoms with E-state index in [1.54, 1.807) is 23.9 Å². The zero-order valence-electron chi connectivity index (χ0n) is 11.2. The Morgan fingerprint density at radius 1 is 1.30 bits per heavy atom. The molecule has 20 heavy (non-hydrogen) atoms. The van der Waals surface area contributed by atoms with Crippen LogP contribution in [0, 0.1) is 12.7 Å². The molecule has 2 aromatic rings. The van der Waals surface area contributed by atoms with E-state index in [0.29, 0.717) is 0 Å². The van der Waals surface area contributed by atoms with Crippen molar-refractivity contribution in [2.45, 2.75) is 24.3 Å². The van der Waals surface area contributed by atoms with Crippen LogP contribution in [0.5, 0.6) is 5.75 Å². The molecule has 1 heterocycles. The number of benzene rings is 2. The van der Waals surface area contributed by atoms with Gasteiger partial charge in [-0.25, -0.2) is 4.39 Å². The molecular formula is C16H16FNOS. The van der Waals surface area contributed by atoms with Crippen LogP contribution in [0.1, 0.15) is 11.1 Å². The third-order valence-electron chi connectivity index (χ3n) is 3.44. The van der Waals surface area contributed by atoms with Crippen LogP contribution in [-0.4, -0.2) is 11.9 Å². The highest BCUT2D eigenvalue weighted by atomic mass is 32.2. The van der Waals surface area contributed by atoms with Gasteiger partial charge in [0.15, 0.2) is 0 Å². The van der Waals surface area contributed by atoms with Crippen LogP contribution in [0.3, 0.4) is 0 Å². The Kier molecular flexibility index (Phi) is 3.57. The lowest BCUT2D eigenvalue weighted by atomic mass is 10.1. The van der Waals surface area contributed by atoms with E-state index in [9.17, 15) is 4.39 Å². The number of hydrogen-bond acceptors (Lipinski definition) is 3. The molecule has 104 valence electrons. The third kappa shape index (κ3) is 2.75. The first-order valence-corrected chi connectivity index (χ1v) is 7.54. The zero-order chi connectivity index (χ0) is 14.1. The van der Waals surface area contributed by atoms with Crippen molar-refractivity contribution in [2.75, 3.05) is 11.5 Å². The number of anilines is 1. The summed E-state index contributed by atoms with van der Waals surface area (Å²) in [7, 11) is 0. The number of aryl methyl sites for hydroxylation is 1. The second-order valence-corrected chi connectivity index (χ2v) is 6.12. The minimum atomic E-state index is -0.199. The maximum Gasteiger partial charge on any atom is 0.123 e. The Morgan fingerprint density at radius 2 is 2.15 bits per heavy atom. The largest absolute Gasteiger partial charge is 0.489 e. The predicted octanol–water partition coefficient (Wildman–Crippen LogP) is 3.81. The number of nitrogen functional groups attached to an aromatic ring is 1. The molecule has 1 aliphatic heterocycles. The molecule has 0 saturated carbocycles. The first-order valence-electron chi connectivity index (χ1n) is 6.56. The van der Waals surface area contributed by atoms with E-state index in [1.807, 2.05) is 19.1 Å². The van der Waals surface area contributed by atoms with Crippen molar-refractivity contribution in [1.29, 1.82) is 0 Å². The van der Waals surface area contributed by atoms with Gasteiger partial charge in [-0.3, -0.25) is 0 Å². The van der Waals surface area contributed by atoms with Crippen LogP contribution in [-0.2, 0) is 6.42 Å². The summed E-state index contributed by atoms with van der Waals surface area (Å²) in [6.45, 7) is 2.00. The number of ether oxygens (including phenoxy) is 1. The van der Waals surface area contributed by atoms with Crippen molar-refractivity contribution in [2.24, 2.45) is 0 Å². The summed E-state index contributed by atoms with van der Waals surface area (Å²) in [6, 6.07) is 10.8. The Morgan fingerprint density at radius 3 is 2.95 bits per heavy atom. The van der Waals surface area contributed by atoms with E-state index < -0.39 is 0 Å². The molecule has 0 bridgehead atoms. The van der Waals surface area contributed by atoms with Gasteiger partial charge >= 0.3 is 0 Å². The first-order chi connectivity index (χ1) is 9.61. The van der Waals surface area contributed by atoms with Gasteiger partial charge in [0, 0.05) is 28.3 Å². The van der Waals surface area contributed by atoms with Crippen LogP contribution in [0.2, 0.25) is 0 Å². The van der Waals surface area contributed by atoms with Gasteiger partial charge in [-0.2, -0.15) is 0 Å². The van der Waals surface area contributed by atoms with Gasteiger partial charge in [-0.05, 0) is 48.9 Å². The fraction of sp³-hybridized carbons (Fsp3) is 0.250. The van der Waals surface area contributed by atoms with Crippen LogP contribution < -0.4 is 10.5 Å². The highest BCUT2D eigenvalue weighted by Crippen LogP contribution is 2.32. The van der Waals surface area contributed by atoms with Gasteiger partial charge in [0.2, 0.25) is 0 Å². The van der Waals surface area contributed by atoms with Gasteiger partial charge in [-0.1, -0.05) is 0 Å². The van der Waals surface area contributed by atoms with Crippen molar-refractivity contribution in [3.8, 4) is 5.75 Å². The van der Waals surface area contributed by atoms with E-state index in [2.05, 4.69) is 6.07 Å². The number of rotatable bonds is 3. The summed E-state index contributed by atoms with van der Waals surface area (Å²) in [5.74, 6) is 1.46. The molecule has 4 heteroatoms. The molecule has 2 N–H and O–H groups in total. The van der Waals surface area contributed by atoms with Crippen molar-refractivity contribution in [3.05, 3.63) is 53.3 Å². The summed E-state index contributed by atoms with van der Waals surface area (Å²) in [5, 5.41) is 0. The van der Waals surface area contributed by atoms with E-state index in [0.717, 1.165) is 34.7 Å². The smallest absolute Gasteiger partial charge is 0.123 e. The second-order valence-electron chi connectivity index (χ2n) is 5.03. The molecule has 3 rings (SSSR count). The molecule has 0 aliphatic carbocycles. The molecule has 2 aromatic carbocycles. The van der Waals surface area contributed by atoms with Gasteiger partial charge in [0.1, 0.15) is 17.7 Å². The summed E-state index contributed by atoms with van der Waals surface area (Å²) < 4.78 is 19.0. The average molecular weight is 289 g/mol. The van der Waals surface area contributed by atoms with Gasteiger partial charge < -0.3 is 10.5 Å². The first kappa shape index (κ1) is 13.3.